The summed E-state index contributed by atoms with van der Waals surface area (Å²) in [5, 5.41) is 0. The standard InChI is InChI=1S/C21H33ClO2/c1-20-9-3-4-17(20)16-6-5-14-12-15(24-19(23)13-22)7-11-21(14,2)18(16)8-10-20/h14-18H,3-13H2,1-2H3. The van der Waals surface area contributed by atoms with Crippen LogP contribution in [0.3, 0.4) is 0 Å². The van der Waals surface area contributed by atoms with Crippen LogP contribution in [-0.2, 0) is 9.53 Å². The van der Waals surface area contributed by atoms with Crippen LogP contribution in [-0.4, -0.2) is 18.0 Å². The minimum atomic E-state index is -0.238. The van der Waals surface area contributed by atoms with Gasteiger partial charge in [-0.15, -0.1) is 11.6 Å². The van der Waals surface area contributed by atoms with Gasteiger partial charge in [-0.3, -0.25) is 4.79 Å². The van der Waals surface area contributed by atoms with E-state index in [-0.39, 0.29) is 18.0 Å². The van der Waals surface area contributed by atoms with Crippen molar-refractivity contribution in [1.29, 1.82) is 0 Å². The molecule has 0 aliphatic heterocycles. The van der Waals surface area contributed by atoms with Crippen molar-refractivity contribution in [1.82, 2.24) is 0 Å². The Bertz CT molecular complexity index is 506. The number of alkyl halides is 1. The van der Waals surface area contributed by atoms with Gasteiger partial charge in [0, 0.05) is 0 Å². The summed E-state index contributed by atoms with van der Waals surface area (Å²) in [6.07, 6.45) is 13.5. The molecule has 0 amide bonds. The van der Waals surface area contributed by atoms with Crippen LogP contribution >= 0.6 is 11.6 Å². The molecule has 0 bridgehead atoms. The number of carbonyl (C=O) groups excluding carboxylic acids is 1. The monoisotopic (exact) mass is 352 g/mol. The SMILES string of the molecule is CC12CCCC1C1CCC3CC(OC(=O)CCl)CCC3(C)C1CC2. The lowest BCUT2D eigenvalue weighted by atomic mass is 9.45. The molecule has 0 aromatic carbocycles. The predicted octanol–water partition coefficient (Wildman–Crippen LogP) is 5.57. The quantitative estimate of drug-likeness (QED) is 0.479. The van der Waals surface area contributed by atoms with E-state index in [9.17, 15) is 4.79 Å². The molecule has 0 saturated heterocycles. The van der Waals surface area contributed by atoms with Crippen molar-refractivity contribution in [3.63, 3.8) is 0 Å². The first kappa shape index (κ1) is 17.2. The smallest absolute Gasteiger partial charge is 0.321 e. The molecule has 0 aromatic heterocycles. The summed E-state index contributed by atoms with van der Waals surface area (Å²) in [6, 6.07) is 0. The number of carbonyl (C=O) groups is 1. The minimum Gasteiger partial charge on any atom is -0.461 e. The zero-order valence-electron chi connectivity index (χ0n) is 15.4. The molecule has 3 heteroatoms. The summed E-state index contributed by atoms with van der Waals surface area (Å²) in [5.74, 6) is 3.36. The Balaban J connectivity index is 1.49. The molecule has 24 heavy (non-hydrogen) atoms. The summed E-state index contributed by atoms with van der Waals surface area (Å²) in [6.45, 7) is 5.16. The van der Waals surface area contributed by atoms with Crippen molar-refractivity contribution in [3.8, 4) is 0 Å². The maximum Gasteiger partial charge on any atom is 0.321 e. The molecule has 0 heterocycles. The van der Waals surface area contributed by atoms with Gasteiger partial charge >= 0.3 is 5.97 Å². The van der Waals surface area contributed by atoms with Crippen LogP contribution in [0.5, 0.6) is 0 Å². The molecule has 4 fully saturated rings. The van der Waals surface area contributed by atoms with E-state index in [4.69, 9.17) is 16.3 Å². The maximum absolute atomic E-state index is 11.6. The molecule has 0 aromatic rings. The largest absolute Gasteiger partial charge is 0.461 e. The predicted molar refractivity (Wildman–Crippen MR) is 96.9 cm³/mol. The van der Waals surface area contributed by atoms with Crippen molar-refractivity contribution < 1.29 is 9.53 Å². The van der Waals surface area contributed by atoms with E-state index in [0.29, 0.717) is 10.8 Å². The normalized spacial score (nSPS) is 50.5. The van der Waals surface area contributed by atoms with E-state index >= 15 is 0 Å². The number of esters is 1. The molecule has 4 saturated carbocycles. The minimum absolute atomic E-state index is 0.0105. The molecule has 4 rings (SSSR count). The lowest BCUT2D eigenvalue weighted by molar-refractivity contribution is -0.158. The van der Waals surface area contributed by atoms with Crippen LogP contribution in [0.4, 0.5) is 0 Å². The molecule has 7 unspecified atom stereocenters. The first-order valence-corrected chi connectivity index (χ1v) is 10.8. The van der Waals surface area contributed by atoms with Crippen LogP contribution < -0.4 is 0 Å². The molecule has 4 aliphatic carbocycles. The van der Waals surface area contributed by atoms with Crippen LogP contribution in [0.15, 0.2) is 0 Å². The first-order valence-electron chi connectivity index (χ1n) is 10.2. The van der Waals surface area contributed by atoms with Crippen LogP contribution in [0.25, 0.3) is 0 Å². The van der Waals surface area contributed by atoms with Gasteiger partial charge in [-0.25, -0.2) is 0 Å². The topological polar surface area (TPSA) is 26.3 Å². The first-order chi connectivity index (χ1) is 11.5. The van der Waals surface area contributed by atoms with E-state index in [1.165, 1.54) is 51.4 Å². The molecular weight excluding hydrogens is 320 g/mol. The zero-order valence-corrected chi connectivity index (χ0v) is 16.1. The fraction of sp³-hybridized carbons (Fsp3) is 0.952. The Morgan fingerprint density at radius 2 is 1.88 bits per heavy atom. The van der Waals surface area contributed by atoms with E-state index < -0.39 is 0 Å². The molecule has 0 spiro atoms. The van der Waals surface area contributed by atoms with Crippen molar-refractivity contribution in [3.05, 3.63) is 0 Å². The maximum atomic E-state index is 11.6. The Morgan fingerprint density at radius 1 is 1.04 bits per heavy atom. The molecular formula is C21H33ClO2. The lowest BCUT2D eigenvalue weighted by Crippen LogP contribution is -2.53. The molecule has 136 valence electrons. The average molecular weight is 353 g/mol. The number of halogens is 1. The third kappa shape index (κ3) is 2.63. The highest BCUT2D eigenvalue weighted by molar-refractivity contribution is 6.26. The summed E-state index contributed by atoms with van der Waals surface area (Å²) >= 11 is 5.62. The van der Waals surface area contributed by atoms with E-state index in [2.05, 4.69) is 13.8 Å². The number of ether oxygens (including phenoxy) is 1. The van der Waals surface area contributed by atoms with Gasteiger partial charge in [0.25, 0.3) is 0 Å². The second-order valence-electron chi connectivity index (χ2n) is 9.76. The number of hydrogen-bond donors (Lipinski definition) is 0. The summed E-state index contributed by atoms with van der Waals surface area (Å²) in [5.41, 5.74) is 1.13. The number of hydrogen-bond acceptors (Lipinski definition) is 2. The number of rotatable bonds is 2. The molecule has 2 nitrogen and oxygen atoms in total. The summed E-state index contributed by atoms with van der Waals surface area (Å²) < 4.78 is 5.59. The second kappa shape index (κ2) is 6.18. The van der Waals surface area contributed by atoms with E-state index in [1.807, 2.05) is 0 Å². The molecule has 4 aliphatic rings. The molecule has 0 radical (unpaired) electrons. The van der Waals surface area contributed by atoms with E-state index in [1.54, 1.807) is 0 Å². The summed E-state index contributed by atoms with van der Waals surface area (Å²) in [4.78, 5) is 11.6. The van der Waals surface area contributed by atoms with Gasteiger partial charge in [-0.2, -0.15) is 0 Å². The van der Waals surface area contributed by atoms with Crippen molar-refractivity contribution in [2.75, 3.05) is 5.88 Å². The van der Waals surface area contributed by atoms with Gasteiger partial charge in [0.15, 0.2) is 0 Å². The van der Waals surface area contributed by atoms with Crippen molar-refractivity contribution in [2.45, 2.75) is 84.2 Å². The Labute approximate surface area is 152 Å². The van der Waals surface area contributed by atoms with Gasteiger partial charge in [-0.05, 0) is 92.3 Å². The lowest BCUT2D eigenvalue weighted by Gasteiger charge is -2.60. The third-order valence-corrected chi connectivity index (χ3v) is 9.02. The average Bonchev–Trinajstić information content (AvgIpc) is 2.97. The van der Waals surface area contributed by atoms with Gasteiger partial charge in [0.1, 0.15) is 12.0 Å². The highest BCUT2D eigenvalue weighted by Crippen LogP contribution is 2.66. The fourth-order valence-electron chi connectivity index (χ4n) is 7.54. The molecule has 0 N–H and O–H groups in total. The Hall–Kier alpha value is -0.240. The number of fused-ring (bicyclic) bond motifs is 5. The highest BCUT2D eigenvalue weighted by atomic mass is 35.5. The van der Waals surface area contributed by atoms with Gasteiger partial charge in [0.05, 0.1) is 0 Å². The third-order valence-electron chi connectivity index (χ3n) is 8.81. The Morgan fingerprint density at radius 3 is 2.67 bits per heavy atom. The van der Waals surface area contributed by atoms with Crippen LogP contribution in [0, 0.1) is 34.5 Å². The van der Waals surface area contributed by atoms with Crippen molar-refractivity contribution in [2.24, 2.45) is 34.5 Å². The van der Waals surface area contributed by atoms with Gasteiger partial charge < -0.3 is 4.74 Å². The van der Waals surface area contributed by atoms with Crippen LogP contribution in [0.1, 0.15) is 78.1 Å². The molecule has 7 atom stereocenters. The fourth-order valence-corrected chi connectivity index (χ4v) is 7.60. The van der Waals surface area contributed by atoms with Gasteiger partial charge in [0.2, 0.25) is 0 Å². The van der Waals surface area contributed by atoms with Crippen LogP contribution in [0.2, 0.25) is 0 Å². The second-order valence-corrected chi connectivity index (χ2v) is 10.0. The zero-order chi connectivity index (χ0) is 16.9. The highest BCUT2D eigenvalue weighted by Gasteiger charge is 2.58. The van der Waals surface area contributed by atoms with Gasteiger partial charge in [-0.1, -0.05) is 20.3 Å². The summed E-state index contributed by atoms with van der Waals surface area (Å²) in [7, 11) is 0. The van der Waals surface area contributed by atoms with Crippen molar-refractivity contribution >= 4 is 17.6 Å². The van der Waals surface area contributed by atoms with E-state index in [0.717, 1.165) is 36.5 Å². The Kier molecular flexibility index (Phi) is 4.43.